The van der Waals surface area contributed by atoms with E-state index in [1.165, 1.54) is 28.4 Å². The highest BCUT2D eigenvalue weighted by Gasteiger charge is 2.20. The fourth-order valence-corrected chi connectivity index (χ4v) is 2.20. The summed E-state index contributed by atoms with van der Waals surface area (Å²) in [6.07, 6.45) is 0. The highest BCUT2D eigenvalue weighted by molar-refractivity contribution is 6.11. The van der Waals surface area contributed by atoms with E-state index in [-0.39, 0.29) is 5.78 Å². The van der Waals surface area contributed by atoms with Crippen molar-refractivity contribution in [1.29, 1.82) is 0 Å². The van der Waals surface area contributed by atoms with Gasteiger partial charge in [0, 0.05) is 5.56 Å². The van der Waals surface area contributed by atoms with Crippen molar-refractivity contribution in [1.82, 2.24) is 0 Å². The van der Waals surface area contributed by atoms with Crippen molar-refractivity contribution in [3.8, 4) is 23.0 Å². The fraction of sp³-hybridized carbons (Fsp3) is 0.235. The lowest BCUT2D eigenvalue weighted by molar-refractivity contribution is 0.103. The number of hydrogen-bond donors (Lipinski definition) is 0. The molecule has 0 aliphatic rings. The predicted octanol–water partition coefficient (Wildman–Crippen LogP) is 2.95. The molecule has 22 heavy (non-hydrogen) atoms. The van der Waals surface area contributed by atoms with Gasteiger partial charge < -0.3 is 18.9 Å². The number of benzene rings is 2. The van der Waals surface area contributed by atoms with E-state index in [1.807, 2.05) is 6.07 Å². The summed E-state index contributed by atoms with van der Waals surface area (Å²) in [5.41, 5.74) is 0.901. The lowest BCUT2D eigenvalue weighted by Crippen LogP contribution is -2.05. The first-order valence-corrected chi connectivity index (χ1v) is 6.64. The van der Waals surface area contributed by atoms with Crippen LogP contribution in [0.3, 0.4) is 0 Å². The maximum atomic E-state index is 12.7. The number of carbonyl (C=O) groups excluding carboxylic acids is 1. The summed E-state index contributed by atoms with van der Waals surface area (Å²) in [5.74, 6) is 1.64. The molecule has 0 aliphatic heterocycles. The van der Waals surface area contributed by atoms with Gasteiger partial charge in [0.2, 0.25) is 5.75 Å². The number of para-hydroxylation sites is 1. The molecular weight excluding hydrogens is 284 g/mol. The van der Waals surface area contributed by atoms with E-state index in [0.29, 0.717) is 34.1 Å². The number of carbonyl (C=O) groups is 1. The molecule has 0 amide bonds. The number of methoxy groups -OCH3 is 4. The van der Waals surface area contributed by atoms with Crippen molar-refractivity contribution in [3.63, 3.8) is 0 Å². The van der Waals surface area contributed by atoms with Crippen molar-refractivity contribution in [2.75, 3.05) is 28.4 Å². The zero-order chi connectivity index (χ0) is 16.1. The molecule has 0 radical (unpaired) electrons. The molecular formula is C17H18O5. The van der Waals surface area contributed by atoms with Gasteiger partial charge in [-0.05, 0) is 24.3 Å². The third-order valence-electron chi connectivity index (χ3n) is 3.28. The lowest BCUT2D eigenvalue weighted by atomic mass is 10.0. The average molecular weight is 302 g/mol. The van der Waals surface area contributed by atoms with Crippen LogP contribution in [0.5, 0.6) is 23.0 Å². The molecule has 0 saturated carbocycles. The van der Waals surface area contributed by atoms with Crippen LogP contribution in [-0.4, -0.2) is 34.2 Å². The Morgan fingerprint density at radius 1 is 0.773 bits per heavy atom. The largest absolute Gasteiger partial charge is 0.496 e. The van der Waals surface area contributed by atoms with Gasteiger partial charge in [-0.2, -0.15) is 0 Å². The van der Waals surface area contributed by atoms with Gasteiger partial charge in [-0.25, -0.2) is 0 Å². The molecule has 2 rings (SSSR count). The second-order valence-electron chi connectivity index (χ2n) is 4.44. The smallest absolute Gasteiger partial charge is 0.203 e. The van der Waals surface area contributed by atoms with E-state index in [2.05, 4.69) is 0 Å². The summed E-state index contributed by atoms with van der Waals surface area (Å²) in [6, 6.07) is 10.3. The first-order chi connectivity index (χ1) is 10.7. The first kappa shape index (κ1) is 15.7. The number of ketones is 1. The average Bonchev–Trinajstić information content (AvgIpc) is 2.59. The maximum absolute atomic E-state index is 12.7. The van der Waals surface area contributed by atoms with E-state index >= 15 is 0 Å². The Morgan fingerprint density at radius 3 is 1.82 bits per heavy atom. The zero-order valence-electron chi connectivity index (χ0n) is 13.0. The normalized spacial score (nSPS) is 10.0. The Bertz CT molecular complexity index is 653. The third kappa shape index (κ3) is 2.83. The quantitative estimate of drug-likeness (QED) is 0.768. The molecule has 0 saturated heterocycles. The monoisotopic (exact) mass is 302 g/mol. The van der Waals surface area contributed by atoms with E-state index in [0.717, 1.165) is 0 Å². The van der Waals surface area contributed by atoms with Gasteiger partial charge in [-0.3, -0.25) is 4.79 Å². The van der Waals surface area contributed by atoms with Crippen molar-refractivity contribution >= 4 is 5.78 Å². The molecule has 0 heterocycles. The molecule has 5 heteroatoms. The number of rotatable bonds is 6. The van der Waals surface area contributed by atoms with Crippen LogP contribution in [0.15, 0.2) is 36.4 Å². The minimum Gasteiger partial charge on any atom is -0.496 e. The lowest BCUT2D eigenvalue weighted by Gasteiger charge is -2.14. The Hall–Kier alpha value is -2.69. The van der Waals surface area contributed by atoms with Crippen molar-refractivity contribution in [2.24, 2.45) is 0 Å². The molecule has 0 fully saturated rings. The van der Waals surface area contributed by atoms with Crippen LogP contribution in [0.1, 0.15) is 15.9 Å². The number of hydrogen-bond acceptors (Lipinski definition) is 5. The Labute approximate surface area is 129 Å². The van der Waals surface area contributed by atoms with Gasteiger partial charge in [0.1, 0.15) is 5.75 Å². The van der Waals surface area contributed by atoms with E-state index in [1.54, 1.807) is 30.3 Å². The summed E-state index contributed by atoms with van der Waals surface area (Å²) in [4.78, 5) is 12.7. The minimum atomic E-state index is -0.184. The molecule has 0 aliphatic carbocycles. The molecule has 0 spiro atoms. The SMILES string of the molecule is COc1ccccc1C(=O)c1cc(OC)c(OC)c(OC)c1. The van der Waals surface area contributed by atoms with E-state index in [4.69, 9.17) is 18.9 Å². The van der Waals surface area contributed by atoms with Gasteiger partial charge in [0.05, 0.1) is 34.0 Å². The third-order valence-corrected chi connectivity index (χ3v) is 3.28. The zero-order valence-corrected chi connectivity index (χ0v) is 13.0. The van der Waals surface area contributed by atoms with Crippen LogP contribution in [0.4, 0.5) is 0 Å². The molecule has 0 N–H and O–H groups in total. The van der Waals surface area contributed by atoms with Crippen LogP contribution >= 0.6 is 0 Å². The Balaban J connectivity index is 2.54. The predicted molar refractivity (Wildman–Crippen MR) is 82.5 cm³/mol. The number of ether oxygens (including phenoxy) is 4. The minimum absolute atomic E-state index is 0.184. The van der Waals surface area contributed by atoms with Crippen LogP contribution in [0.2, 0.25) is 0 Å². The first-order valence-electron chi connectivity index (χ1n) is 6.64. The van der Waals surface area contributed by atoms with Gasteiger partial charge in [0.25, 0.3) is 0 Å². The van der Waals surface area contributed by atoms with Gasteiger partial charge in [-0.1, -0.05) is 12.1 Å². The molecule has 0 atom stereocenters. The highest BCUT2D eigenvalue weighted by Crippen LogP contribution is 2.39. The van der Waals surface area contributed by atoms with Crippen LogP contribution in [0, 0.1) is 0 Å². The van der Waals surface area contributed by atoms with Crippen molar-refractivity contribution in [2.45, 2.75) is 0 Å². The molecule has 0 bridgehead atoms. The van der Waals surface area contributed by atoms with E-state index in [9.17, 15) is 4.79 Å². The standard InChI is InChI=1S/C17H18O5/c1-19-13-8-6-5-7-12(13)16(18)11-9-14(20-2)17(22-4)15(10-11)21-3/h5-10H,1-4H3. The summed E-state index contributed by atoms with van der Waals surface area (Å²) in [5, 5.41) is 0. The van der Waals surface area contributed by atoms with Crippen molar-refractivity contribution < 1.29 is 23.7 Å². The fourth-order valence-electron chi connectivity index (χ4n) is 2.20. The molecule has 2 aromatic carbocycles. The van der Waals surface area contributed by atoms with Crippen LogP contribution < -0.4 is 18.9 Å². The van der Waals surface area contributed by atoms with Gasteiger partial charge >= 0.3 is 0 Å². The van der Waals surface area contributed by atoms with E-state index < -0.39 is 0 Å². The molecule has 2 aromatic rings. The summed E-state index contributed by atoms with van der Waals surface area (Å²) in [7, 11) is 6.06. The van der Waals surface area contributed by atoms with Crippen molar-refractivity contribution in [3.05, 3.63) is 47.5 Å². The summed E-state index contributed by atoms with van der Waals surface area (Å²) < 4.78 is 21.0. The maximum Gasteiger partial charge on any atom is 0.203 e. The topological polar surface area (TPSA) is 54.0 Å². The molecule has 5 nitrogen and oxygen atoms in total. The molecule has 0 aromatic heterocycles. The molecule has 0 unspecified atom stereocenters. The Kier molecular flexibility index (Phi) is 4.88. The van der Waals surface area contributed by atoms with Gasteiger partial charge in [0.15, 0.2) is 17.3 Å². The van der Waals surface area contributed by atoms with Gasteiger partial charge in [-0.15, -0.1) is 0 Å². The molecule has 116 valence electrons. The second-order valence-corrected chi connectivity index (χ2v) is 4.44. The highest BCUT2D eigenvalue weighted by atomic mass is 16.5. The Morgan fingerprint density at radius 2 is 1.32 bits per heavy atom. The van der Waals surface area contributed by atoms with Crippen LogP contribution in [-0.2, 0) is 0 Å². The summed E-state index contributed by atoms with van der Waals surface area (Å²) in [6.45, 7) is 0. The van der Waals surface area contributed by atoms with Crippen LogP contribution in [0.25, 0.3) is 0 Å². The second kappa shape index (κ2) is 6.85. The summed E-state index contributed by atoms with van der Waals surface area (Å²) >= 11 is 0.